The van der Waals surface area contributed by atoms with Crippen molar-refractivity contribution in [2.45, 2.75) is 51.4 Å². The number of nitrogens with zero attached hydrogens (tertiary/aromatic N) is 1. The maximum absolute atomic E-state index is 13.3. The number of ketones is 1. The van der Waals surface area contributed by atoms with E-state index in [0.29, 0.717) is 42.1 Å². The highest BCUT2D eigenvalue weighted by molar-refractivity contribution is 6.33. The Kier molecular flexibility index (Phi) is 5.71. The number of benzene rings is 2. The lowest BCUT2D eigenvalue weighted by Gasteiger charge is -2.38. The maximum Gasteiger partial charge on any atom is 0.337 e. The van der Waals surface area contributed by atoms with E-state index in [2.05, 4.69) is 26.0 Å². The summed E-state index contributed by atoms with van der Waals surface area (Å²) >= 11 is 6.01. The molecule has 6 heteroatoms. The minimum absolute atomic E-state index is 0.0594. The molecule has 160 valence electrons. The van der Waals surface area contributed by atoms with Crippen LogP contribution in [-0.2, 0) is 9.59 Å². The average molecular weight is 438 g/mol. The molecule has 0 radical (unpaired) electrons. The van der Waals surface area contributed by atoms with Crippen LogP contribution in [0.1, 0.15) is 72.9 Å². The molecule has 1 aliphatic heterocycles. The fourth-order valence-electron chi connectivity index (χ4n) is 4.51. The van der Waals surface area contributed by atoms with Crippen molar-refractivity contribution in [3.05, 3.63) is 75.4 Å². The predicted octanol–water partition coefficient (Wildman–Crippen LogP) is 5.69. The fourth-order valence-corrected chi connectivity index (χ4v) is 4.71. The number of halogens is 1. The molecule has 31 heavy (non-hydrogen) atoms. The first-order valence-electron chi connectivity index (χ1n) is 10.5. The van der Waals surface area contributed by atoms with Crippen molar-refractivity contribution < 1.29 is 19.5 Å². The van der Waals surface area contributed by atoms with Crippen LogP contribution in [0.4, 0.5) is 5.69 Å². The largest absolute Gasteiger partial charge is 0.478 e. The highest BCUT2D eigenvalue weighted by Gasteiger charge is 2.39. The Morgan fingerprint density at radius 1 is 1.10 bits per heavy atom. The minimum Gasteiger partial charge on any atom is -0.478 e. The molecule has 2 aromatic carbocycles. The number of amides is 1. The van der Waals surface area contributed by atoms with E-state index in [1.54, 1.807) is 6.07 Å². The summed E-state index contributed by atoms with van der Waals surface area (Å²) in [6.45, 7) is 4.25. The first kappa shape index (κ1) is 21.3. The Balaban J connectivity index is 1.82. The Hall–Kier alpha value is -2.92. The Morgan fingerprint density at radius 3 is 2.45 bits per heavy atom. The lowest BCUT2D eigenvalue weighted by molar-refractivity contribution is -0.119. The van der Waals surface area contributed by atoms with Gasteiger partial charge in [0.25, 0.3) is 0 Å². The molecule has 2 aromatic rings. The van der Waals surface area contributed by atoms with Crippen LogP contribution in [0.15, 0.2) is 53.7 Å². The number of rotatable bonds is 4. The van der Waals surface area contributed by atoms with E-state index in [4.69, 9.17) is 11.6 Å². The summed E-state index contributed by atoms with van der Waals surface area (Å²) in [5.74, 6) is -1.13. The average Bonchev–Trinajstić information content (AvgIpc) is 2.74. The van der Waals surface area contributed by atoms with Crippen LogP contribution in [0.2, 0.25) is 5.02 Å². The number of carboxylic acid groups (broad SMARTS) is 1. The fraction of sp³-hybridized carbons (Fsp3) is 0.320. The summed E-state index contributed by atoms with van der Waals surface area (Å²) in [6.07, 6.45) is 1.89. The Labute approximate surface area is 186 Å². The first-order chi connectivity index (χ1) is 14.8. The molecule has 1 amide bonds. The molecule has 1 aliphatic carbocycles. The second kappa shape index (κ2) is 8.31. The molecule has 0 saturated carbocycles. The van der Waals surface area contributed by atoms with Gasteiger partial charge in [-0.1, -0.05) is 49.7 Å². The highest BCUT2D eigenvalue weighted by atomic mass is 35.5. The van der Waals surface area contributed by atoms with Gasteiger partial charge in [-0.3, -0.25) is 14.5 Å². The summed E-state index contributed by atoms with van der Waals surface area (Å²) in [5.41, 5.74) is 3.89. The zero-order chi connectivity index (χ0) is 22.3. The summed E-state index contributed by atoms with van der Waals surface area (Å²) in [6, 6.07) is 12.7. The number of carbonyl (C=O) groups is 3. The van der Waals surface area contributed by atoms with E-state index >= 15 is 0 Å². The van der Waals surface area contributed by atoms with Crippen LogP contribution in [0.5, 0.6) is 0 Å². The standard InChI is InChI=1S/C25H24ClNO4/c1-14(2)15-6-8-16(9-7-15)18-13-23(29)27(21-4-3-5-22(28)24(18)21)17-10-11-20(26)19(12-17)25(30)31/h6-12,14,18H,3-5,13H2,1-2H3,(H,30,31). The van der Waals surface area contributed by atoms with Gasteiger partial charge in [0.05, 0.1) is 10.6 Å². The van der Waals surface area contributed by atoms with Gasteiger partial charge in [0, 0.05) is 35.7 Å². The molecule has 0 bridgehead atoms. The van der Waals surface area contributed by atoms with Crippen LogP contribution in [0, 0.1) is 0 Å². The first-order valence-corrected chi connectivity index (χ1v) is 10.9. The number of aromatic carboxylic acids is 1. The molecule has 5 nitrogen and oxygen atoms in total. The third-order valence-electron chi connectivity index (χ3n) is 6.12. The monoisotopic (exact) mass is 437 g/mol. The number of hydrogen-bond acceptors (Lipinski definition) is 3. The van der Waals surface area contributed by atoms with E-state index in [1.165, 1.54) is 22.6 Å². The molecular weight excluding hydrogens is 414 g/mol. The second-order valence-corrected chi connectivity index (χ2v) is 8.82. The van der Waals surface area contributed by atoms with Crippen LogP contribution < -0.4 is 4.90 Å². The van der Waals surface area contributed by atoms with Crippen molar-refractivity contribution in [2.24, 2.45) is 0 Å². The van der Waals surface area contributed by atoms with Crippen LogP contribution in [-0.4, -0.2) is 22.8 Å². The summed E-state index contributed by atoms with van der Waals surface area (Å²) < 4.78 is 0. The molecule has 0 saturated heterocycles. The topological polar surface area (TPSA) is 74.7 Å². The van der Waals surface area contributed by atoms with Gasteiger partial charge < -0.3 is 5.11 Å². The highest BCUT2D eigenvalue weighted by Crippen LogP contribution is 2.44. The Morgan fingerprint density at radius 2 is 1.81 bits per heavy atom. The molecule has 1 N–H and O–H groups in total. The van der Waals surface area contributed by atoms with E-state index in [9.17, 15) is 19.5 Å². The van der Waals surface area contributed by atoms with Crippen LogP contribution >= 0.6 is 11.6 Å². The number of Topliss-reactive ketones (excluding diaryl/α,β-unsaturated/α-hetero) is 1. The number of allylic oxidation sites excluding steroid dienone is 2. The van der Waals surface area contributed by atoms with Crippen molar-refractivity contribution in [2.75, 3.05) is 4.90 Å². The number of hydrogen-bond donors (Lipinski definition) is 1. The van der Waals surface area contributed by atoms with Crippen molar-refractivity contribution in [1.29, 1.82) is 0 Å². The Bertz CT molecular complexity index is 1100. The molecular formula is C25H24ClNO4. The van der Waals surface area contributed by atoms with E-state index in [0.717, 1.165) is 5.56 Å². The molecule has 4 rings (SSSR count). The van der Waals surface area contributed by atoms with Crippen molar-refractivity contribution >= 4 is 34.9 Å². The van der Waals surface area contributed by atoms with E-state index < -0.39 is 5.97 Å². The van der Waals surface area contributed by atoms with E-state index in [1.807, 2.05) is 12.1 Å². The van der Waals surface area contributed by atoms with Gasteiger partial charge in [-0.05, 0) is 48.1 Å². The van der Waals surface area contributed by atoms with Gasteiger partial charge in [-0.2, -0.15) is 0 Å². The zero-order valence-corrected chi connectivity index (χ0v) is 18.3. The smallest absolute Gasteiger partial charge is 0.337 e. The normalized spacial score (nSPS) is 19.1. The maximum atomic E-state index is 13.3. The third kappa shape index (κ3) is 3.90. The van der Waals surface area contributed by atoms with Gasteiger partial charge in [0.2, 0.25) is 5.91 Å². The van der Waals surface area contributed by atoms with Gasteiger partial charge in [0.15, 0.2) is 5.78 Å². The van der Waals surface area contributed by atoms with Gasteiger partial charge in [-0.15, -0.1) is 0 Å². The third-order valence-corrected chi connectivity index (χ3v) is 6.45. The minimum atomic E-state index is -1.16. The summed E-state index contributed by atoms with van der Waals surface area (Å²) in [5, 5.41) is 9.54. The van der Waals surface area contributed by atoms with Crippen molar-refractivity contribution in [3.63, 3.8) is 0 Å². The summed E-state index contributed by atoms with van der Waals surface area (Å²) in [4.78, 5) is 39.3. The van der Waals surface area contributed by atoms with Gasteiger partial charge in [0.1, 0.15) is 0 Å². The SMILES string of the molecule is CC(C)c1ccc(C2CC(=O)N(c3ccc(Cl)c(C(=O)O)c3)C3=C2C(=O)CCC3)cc1. The molecule has 2 aliphatic rings. The predicted molar refractivity (Wildman–Crippen MR) is 120 cm³/mol. The quantitative estimate of drug-likeness (QED) is 0.666. The van der Waals surface area contributed by atoms with Gasteiger partial charge >= 0.3 is 5.97 Å². The molecule has 1 heterocycles. The number of carbonyl (C=O) groups excluding carboxylic acids is 2. The van der Waals surface area contributed by atoms with Crippen molar-refractivity contribution in [1.82, 2.24) is 0 Å². The molecule has 0 aromatic heterocycles. The van der Waals surface area contributed by atoms with Crippen LogP contribution in [0.3, 0.4) is 0 Å². The van der Waals surface area contributed by atoms with Crippen LogP contribution in [0.25, 0.3) is 0 Å². The van der Waals surface area contributed by atoms with Gasteiger partial charge in [-0.25, -0.2) is 4.79 Å². The number of carboxylic acids is 1. The zero-order valence-electron chi connectivity index (χ0n) is 17.5. The summed E-state index contributed by atoms with van der Waals surface area (Å²) in [7, 11) is 0. The molecule has 0 fully saturated rings. The van der Waals surface area contributed by atoms with Crippen molar-refractivity contribution in [3.8, 4) is 0 Å². The lowest BCUT2D eigenvalue weighted by atomic mass is 9.77. The second-order valence-electron chi connectivity index (χ2n) is 8.41. The molecule has 1 atom stereocenters. The van der Waals surface area contributed by atoms with E-state index in [-0.39, 0.29) is 34.6 Å². The molecule has 1 unspecified atom stereocenters. The molecule has 0 spiro atoms. The number of anilines is 1. The lowest BCUT2D eigenvalue weighted by Crippen LogP contribution is -2.40.